The largest absolute Gasteiger partial charge is 0.351 e. The van der Waals surface area contributed by atoms with E-state index in [1.54, 1.807) is 16.8 Å². The number of carbonyl (C=O) groups is 1. The van der Waals surface area contributed by atoms with Crippen LogP contribution in [-0.4, -0.2) is 40.4 Å². The average Bonchev–Trinajstić information content (AvgIpc) is 3.03. The Morgan fingerprint density at radius 2 is 1.86 bits per heavy atom. The van der Waals surface area contributed by atoms with Crippen molar-refractivity contribution in [2.75, 3.05) is 20.1 Å². The lowest BCUT2D eigenvalue weighted by atomic mass is 10.2. The van der Waals surface area contributed by atoms with E-state index in [1.165, 1.54) is 12.1 Å². The molecule has 0 spiro atoms. The van der Waals surface area contributed by atoms with Crippen molar-refractivity contribution >= 4 is 18.1 Å². The molecule has 1 aromatic heterocycles. The SMILES string of the molecule is CCCNC(=O)C[NH+](C)Cn1nc(-c2ccccc2)n(-c2ccc(F)cc2)c1=S. The van der Waals surface area contributed by atoms with Crippen molar-refractivity contribution in [1.82, 2.24) is 19.7 Å². The highest BCUT2D eigenvalue weighted by Gasteiger charge is 2.17. The number of amides is 1. The van der Waals surface area contributed by atoms with Gasteiger partial charge >= 0.3 is 0 Å². The molecule has 2 aromatic carbocycles. The molecule has 152 valence electrons. The predicted octanol–water partition coefficient (Wildman–Crippen LogP) is 2.21. The molecule has 0 fully saturated rings. The molecule has 1 amide bonds. The van der Waals surface area contributed by atoms with Crippen molar-refractivity contribution < 1.29 is 14.1 Å². The van der Waals surface area contributed by atoms with Gasteiger partial charge in [-0.25, -0.2) is 4.39 Å². The summed E-state index contributed by atoms with van der Waals surface area (Å²) in [6.07, 6.45) is 0.901. The maximum absolute atomic E-state index is 13.4. The topological polar surface area (TPSA) is 56.3 Å². The molecular formula is C21H25FN5OS+. The van der Waals surface area contributed by atoms with Gasteiger partial charge in [-0.2, -0.15) is 4.68 Å². The number of likely N-dealkylation sites (N-methyl/N-ethyl adjacent to an activating group) is 1. The minimum atomic E-state index is -0.309. The van der Waals surface area contributed by atoms with Crippen molar-refractivity contribution in [1.29, 1.82) is 0 Å². The standard InChI is InChI=1S/C21H24FN5OS/c1-3-13-23-19(28)14-25(2)15-26-21(29)27(18-11-9-17(22)10-12-18)20(24-26)16-7-5-4-6-8-16/h4-12H,3,13-15H2,1-2H3,(H,23,28)/p+1. The number of carbonyl (C=O) groups excluding carboxylic acids is 1. The number of quaternary nitrogens is 1. The van der Waals surface area contributed by atoms with Crippen LogP contribution in [0.1, 0.15) is 13.3 Å². The Morgan fingerprint density at radius 1 is 1.17 bits per heavy atom. The van der Waals surface area contributed by atoms with Crippen molar-refractivity contribution in [3.05, 3.63) is 65.2 Å². The molecule has 29 heavy (non-hydrogen) atoms. The summed E-state index contributed by atoms with van der Waals surface area (Å²) in [4.78, 5) is 13.0. The summed E-state index contributed by atoms with van der Waals surface area (Å²) in [7, 11) is 1.92. The van der Waals surface area contributed by atoms with Crippen LogP contribution in [0.5, 0.6) is 0 Å². The zero-order valence-corrected chi connectivity index (χ0v) is 17.4. The van der Waals surface area contributed by atoms with E-state index in [2.05, 4.69) is 5.32 Å². The molecular weight excluding hydrogens is 389 g/mol. The summed E-state index contributed by atoms with van der Waals surface area (Å²) >= 11 is 5.69. The van der Waals surface area contributed by atoms with Crippen LogP contribution in [0.2, 0.25) is 0 Å². The first-order chi connectivity index (χ1) is 14.0. The van der Waals surface area contributed by atoms with Gasteiger partial charge in [0.25, 0.3) is 5.91 Å². The van der Waals surface area contributed by atoms with Gasteiger partial charge in [-0.15, -0.1) is 5.10 Å². The number of nitrogens with zero attached hydrogens (tertiary/aromatic N) is 3. The van der Waals surface area contributed by atoms with Crippen LogP contribution in [0.4, 0.5) is 4.39 Å². The lowest BCUT2D eigenvalue weighted by Crippen LogP contribution is -3.09. The Kier molecular flexibility index (Phi) is 6.90. The lowest BCUT2D eigenvalue weighted by molar-refractivity contribution is -0.895. The van der Waals surface area contributed by atoms with Gasteiger partial charge in [0.15, 0.2) is 19.0 Å². The van der Waals surface area contributed by atoms with Gasteiger partial charge in [0.05, 0.1) is 12.7 Å². The van der Waals surface area contributed by atoms with Crippen LogP contribution in [0.15, 0.2) is 54.6 Å². The molecule has 0 radical (unpaired) electrons. The fourth-order valence-corrected chi connectivity index (χ4v) is 3.32. The van der Waals surface area contributed by atoms with E-state index in [1.807, 2.05) is 48.9 Å². The van der Waals surface area contributed by atoms with E-state index in [0.717, 1.165) is 22.6 Å². The lowest BCUT2D eigenvalue weighted by Gasteiger charge is -2.13. The monoisotopic (exact) mass is 414 g/mol. The van der Waals surface area contributed by atoms with Gasteiger partial charge in [0, 0.05) is 12.1 Å². The van der Waals surface area contributed by atoms with Crippen molar-refractivity contribution in [2.24, 2.45) is 0 Å². The summed E-state index contributed by atoms with van der Waals surface area (Å²) < 4.78 is 17.4. The second-order valence-corrected chi connectivity index (χ2v) is 7.29. The molecule has 0 saturated heterocycles. The second-order valence-electron chi connectivity index (χ2n) is 6.93. The second kappa shape index (κ2) is 9.58. The minimum absolute atomic E-state index is 0.00267. The molecule has 0 aliphatic rings. The van der Waals surface area contributed by atoms with Crippen LogP contribution in [-0.2, 0) is 11.5 Å². The third-order valence-electron chi connectivity index (χ3n) is 4.41. The summed E-state index contributed by atoms with van der Waals surface area (Å²) in [5.74, 6) is 0.360. The average molecular weight is 415 g/mol. The maximum Gasteiger partial charge on any atom is 0.275 e. The Bertz CT molecular complexity index is 1010. The number of halogens is 1. The first-order valence-electron chi connectivity index (χ1n) is 9.58. The van der Waals surface area contributed by atoms with Crippen LogP contribution >= 0.6 is 12.2 Å². The van der Waals surface area contributed by atoms with E-state index in [4.69, 9.17) is 17.3 Å². The summed E-state index contributed by atoms with van der Waals surface area (Å²) in [5.41, 5.74) is 1.64. The molecule has 8 heteroatoms. The zero-order valence-electron chi connectivity index (χ0n) is 16.6. The van der Waals surface area contributed by atoms with E-state index >= 15 is 0 Å². The minimum Gasteiger partial charge on any atom is -0.351 e. The molecule has 0 bridgehead atoms. The van der Waals surface area contributed by atoms with E-state index in [0.29, 0.717) is 30.4 Å². The van der Waals surface area contributed by atoms with Gasteiger partial charge < -0.3 is 10.2 Å². The number of nitrogens with one attached hydrogen (secondary N) is 2. The van der Waals surface area contributed by atoms with E-state index < -0.39 is 0 Å². The highest BCUT2D eigenvalue weighted by atomic mass is 32.1. The highest BCUT2D eigenvalue weighted by Crippen LogP contribution is 2.22. The molecule has 1 atom stereocenters. The molecule has 0 saturated carbocycles. The molecule has 3 aromatic rings. The summed E-state index contributed by atoms with van der Waals surface area (Å²) in [6, 6.07) is 15.9. The molecule has 1 unspecified atom stereocenters. The number of hydrogen-bond acceptors (Lipinski definition) is 3. The van der Waals surface area contributed by atoms with Crippen LogP contribution in [0.25, 0.3) is 17.1 Å². The molecule has 3 rings (SSSR count). The zero-order chi connectivity index (χ0) is 20.8. The van der Waals surface area contributed by atoms with Crippen molar-refractivity contribution in [3.63, 3.8) is 0 Å². The first-order valence-corrected chi connectivity index (χ1v) is 9.99. The van der Waals surface area contributed by atoms with E-state index in [-0.39, 0.29) is 11.7 Å². The highest BCUT2D eigenvalue weighted by molar-refractivity contribution is 7.71. The van der Waals surface area contributed by atoms with Crippen molar-refractivity contribution in [2.45, 2.75) is 20.0 Å². The third kappa shape index (κ3) is 5.16. The molecule has 0 aliphatic carbocycles. The quantitative estimate of drug-likeness (QED) is 0.556. The van der Waals surface area contributed by atoms with Gasteiger partial charge in [-0.1, -0.05) is 37.3 Å². The Labute approximate surface area is 174 Å². The van der Waals surface area contributed by atoms with Gasteiger partial charge in [0.2, 0.25) is 4.77 Å². The molecule has 1 heterocycles. The predicted molar refractivity (Wildman–Crippen MR) is 113 cm³/mol. The smallest absolute Gasteiger partial charge is 0.275 e. The normalized spacial score (nSPS) is 12.0. The molecule has 2 N–H and O–H groups in total. The number of hydrogen-bond donors (Lipinski definition) is 2. The fourth-order valence-electron chi connectivity index (χ4n) is 3.02. The summed E-state index contributed by atoms with van der Waals surface area (Å²) in [5, 5.41) is 7.60. The van der Waals surface area contributed by atoms with Gasteiger partial charge in [-0.05, 0) is 42.9 Å². The Balaban J connectivity index is 1.94. The van der Waals surface area contributed by atoms with Gasteiger partial charge in [-0.3, -0.25) is 9.36 Å². The van der Waals surface area contributed by atoms with Crippen LogP contribution in [0.3, 0.4) is 0 Å². The Hall–Kier alpha value is -2.84. The molecule has 6 nitrogen and oxygen atoms in total. The summed E-state index contributed by atoms with van der Waals surface area (Å²) in [6.45, 7) is 3.45. The third-order valence-corrected chi connectivity index (χ3v) is 4.80. The number of benzene rings is 2. The first kappa shape index (κ1) is 20.9. The van der Waals surface area contributed by atoms with E-state index in [9.17, 15) is 9.18 Å². The van der Waals surface area contributed by atoms with Crippen LogP contribution in [0, 0.1) is 10.6 Å². The molecule has 0 aliphatic heterocycles. The van der Waals surface area contributed by atoms with Crippen molar-refractivity contribution in [3.8, 4) is 17.1 Å². The maximum atomic E-state index is 13.4. The fraction of sp³-hybridized carbons (Fsp3) is 0.286. The number of aromatic nitrogens is 3. The van der Waals surface area contributed by atoms with Crippen LogP contribution < -0.4 is 10.2 Å². The number of rotatable bonds is 8. The Morgan fingerprint density at radius 3 is 2.52 bits per heavy atom. The van der Waals surface area contributed by atoms with Gasteiger partial charge in [0.1, 0.15) is 5.82 Å².